The molecule has 5 rings (SSSR count). The molecule has 2 aliphatic rings. The zero-order chi connectivity index (χ0) is 25.0. The Hall–Kier alpha value is -3.39. The number of oxime groups is 1. The smallest absolute Gasteiger partial charge is 0.341 e. The van der Waals surface area contributed by atoms with Crippen LogP contribution < -0.4 is 4.90 Å². The second-order valence-electron chi connectivity index (χ2n) is 9.29. The number of rotatable bonds is 3. The second-order valence-corrected chi connectivity index (χ2v) is 9.70. The van der Waals surface area contributed by atoms with Crippen LogP contribution in [0.2, 0.25) is 5.02 Å². The van der Waals surface area contributed by atoms with E-state index in [4.69, 9.17) is 11.6 Å². The van der Waals surface area contributed by atoms with Crippen molar-refractivity contribution in [2.75, 3.05) is 11.4 Å². The number of aromatic nitrogens is 1. The van der Waals surface area contributed by atoms with Gasteiger partial charge in [-0.15, -0.1) is 0 Å². The lowest BCUT2D eigenvalue weighted by molar-refractivity contribution is -0.141. The van der Waals surface area contributed by atoms with E-state index in [0.29, 0.717) is 21.9 Å². The number of carbonyl (C=O) groups excluding carboxylic acids is 1. The number of hydrogen-bond donors (Lipinski definition) is 0. The van der Waals surface area contributed by atoms with Gasteiger partial charge in [-0.3, -0.25) is 4.98 Å². The Morgan fingerprint density at radius 2 is 1.83 bits per heavy atom. The summed E-state index contributed by atoms with van der Waals surface area (Å²) in [5.74, 6) is -0.411. The van der Waals surface area contributed by atoms with Crippen molar-refractivity contribution in [3.8, 4) is 11.1 Å². The summed E-state index contributed by atoms with van der Waals surface area (Å²) in [5, 5.41) is 4.27. The summed E-state index contributed by atoms with van der Waals surface area (Å²) in [6, 6.07) is 14.0. The van der Waals surface area contributed by atoms with E-state index < -0.39 is 17.8 Å². The van der Waals surface area contributed by atoms with Crippen LogP contribution in [0.3, 0.4) is 0 Å². The fourth-order valence-electron chi connectivity index (χ4n) is 4.50. The molecule has 0 saturated carbocycles. The van der Waals surface area contributed by atoms with Crippen LogP contribution in [0, 0.1) is 0 Å². The van der Waals surface area contributed by atoms with E-state index in [1.54, 1.807) is 0 Å². The molecule has 180 valence electrons. The summed E-state index contributed by atoms with van der Waals surface area (Å²) in [6.07, 6.45) is -2.26. The molecule has 0 aliphatic carbocycles. The highest BCUT2D eigenvalue weighted by Gasteiger charge is 2.34. The van der Waals surface area contributed by atoms with Crippen LogP contribution in [0.1, 0.15) is 43.5 Å². The van der Waals surface area contributed by atoms with Crippen LogP contribution in [0.5, 0.6) is 0 Å². The Morgan fingerprint density at radius 1 is 1.06 bits per heavy atom. The summed E-state index contributed by atoms with van der Waals surface area (Å²) < 4.78 is 38.7. The molecule has 5 nitrogen and oxygen atoms in total. The third-order valence-electron chi connectivity index (χ3n) is 6.51. The Kier molecular flexibility index (Phi) is 5.59. The minimum atomic E-state index is -4.47. The molecule has 3 aromatic rings. The fraction of sp³-hybridized carbons (Fsp3) is 0.269. The predicted molar refractivity (Wildman–Crippen MR) is 128 cm³/mol. The highest BCUT2D eigenvalue weighted by Crippen LogP contribution is 2.45. The number of carbonyl (C=O) groups is 1. The lowest BCUT2D eigenvalue weighted by Gasteiger charge is -2.40. The van der Waals surface area contributed by atoms with Gasteiger partial charge < -0.3 is 9.74 Å². The average Bonchev–Trinajstić information content (AvgIpc) is 3.24. The summed E-state index contributed by atoms with van der Waals surface area (Å²) >= 11 is 6.55. The Morgan fingerprint density at radius 3 is 2.46 bits per heavy atom. The third kappa shape index (κ3) is 4.38. The lowest BCUT2D eigenvalue weighted by atomic mass is 9.76. The van der Waals surface area contributed by atoms with Gasteiger partial charge in [-0.2, -0.15) is 13.2 Å². The van der Waals surface area contributed by atoms with Crippen molar-refractivity contribution < 1.29 is 22.8 Å². The topological polar surface area (TPSA) is 54.8 Å². The molecule has 9 heteroatoms. The molecule has 0 bridgehead atoms. The SMILES string of the molecule is CC1(C)CCN(c2ccc(C3=NOC(=O)C3)c(Cl)c2)c2ccc(-c3ccc(C(F)(F)F)nc3)cc21. The normalized spacial score (nSPS) is 17.1. The molecule has 2 aliphatic heterocycles. The minimum absolute atomic E-state index is 0.0847. The van der Waals surface area contributed by atoms with Gasteiger partial charge in [-0.05, 0) is 59.4 Å². The second kappa shape index (κ2) is 8.37. The Bertz CT molecular complexity index is 1350. The standard InChI is InChI=1S/C26H21ClF3N3O2/c1-25(2)9-10-33(17-5-6-18(20(27)12-17)21-13-24(34)35-32-21)22-7-3-15(11-19(22)25)16-4-8-23(31-14-16)26(28,29)30/h3-8,11-12,14H,9-10,13H2,1-2H3. The van der Waals surface area contributed by atoms with Crippen molar-refractivity contribution in [2.45, 2.75) is 38.3 Å². The summed E-state index contributed by atoms with van der Waals surface area (Å²) in [7, 11) is 0. The zero-order valence-corrected chi connectivity index (χ0v) is 19.7. The lowest BCUT2D eigenvalue weighted by Crippen LogP contribution is -2.34. The van der Waals surface area contributed by atoms with Gasteiger partial charge in [-0.25, -0.2) is 4.79 Å². The number of anilines is 2. The van der Waals surface area contributed by atoms with E-state index >= 15 is 0 Å². The first-order chi connectivity index (χ1) is 16.5. The number of hydrogen-bond acceptors (Lipinski definition) is 5. The van der Waals surface area contributed by atoms with Crippen LogP contribution in [-0.2, 0) is 21.2 Å². The molecular weight excluding hydrogens is 479 g/mol. The third-order valence-corrected chi connectivity index (χ3v) is 6.82. The molecular formula is C26H21ClF3N3O2. The first-order valence-electron chi connectivity index (χ1n) is 11.1. The maximum atomic E-state index is 12.9. The quantitative estimate of drug-likeness (QED) is 0.368. The van der Waals surface area contributed by atoms with Crippen molar-refractivity contribution in [1.82, 2.24) is 4.98 Å². The average molecular weight is 500 g/mol. The van der Waals surface area contributed by atoms with Crippen molar-refractivity contribution in [1.29, 1.82) is 0 Å². The van der Waals surface area contributed by atoms with E-state index in [2.05, 4.69) is 33.7 Å². The number of benzene rings is 2. The maximum absolute atomic E-state index is 12.9. The van der Waals surface area contributed by atoms with E-state index in [1.807, 2.05) is 36.4 Å². The fourth-order valence-corrected chi connectivity index (χ4v) is 4.78. The van der Waals surface area contributed by atoms with Gasteiger partial charge in [-0.1, -0.05) is 42.7 Å². The molecule has 0 spiro atoms. The van der Waals surface area contributed by atoms with Crippen molar-refractivity contribution in [3.63, 3.8) is 0 Å². The van der Waals surface area contributed by atoms with E-state index in [1.165, 1.54) is 12.3 Å². The van der Waals surface area contributed by atoms with Gasteiger partial charge in [0, 0.05) is 35.2 Å². The molecule has 35 heavy (non-hydrogen) atoms. The number of nitrogens with zero attached hydrogens (tertiary/aromatic N) is 3. The molecule has 0 N–H and O–H groups in total. The molecule has 0 fully saturated rings. The number of pyridine rings is 1. The summed E-state index contributed by atoms with van der Waals surface area (Å²) in [5.41, 5.74) is 4.51. The Labute approximate surface area is 205 Å². The van der Waals surface area contributed by atoms with Crippen LogP contribution in [0.4, 0.5) is 24.5 Å². The van der Waals surface area contributed by atoms with Crippen molar-refractivity contribution in [3.05, 3.63) is 76.6 Å². The van der Waals surface area contributed by atoms with Crippen molar-refractivity contribution >= 4 is 34.7 Å². The highest BCUT2D eigenvalue weighted by atomic mass is 35.5. The number of fused-ring (bicyclic) bond motifs is 1. The van der Waals surface area contributed by atoms with E-state index in [-0.39, 0.29) is 11.8 Å². The van der Waals surface area contributed by atoms with Gasteiger partial charge in [0.15, 0.2) is 0 Å². The molecule has 3 heterocycles. The first kappa shape index (κ1) is 23.4. The van der Waals surface area contributed by atoms with Crippen LogP contribution in [0.25, 0.3) is 11.1 Å². The predicted octanol–water partition coefficient (Wildman–Crippen LogP) is 6.89. The monoisotopic (exact) mass is 499 g/mol. The van der Waals surface area contributed by atoms with Crippen LogP contribution in [-0.4, -0.2) is 23.2 Å². The molecule has 0 radical (unpaired) electrons. The number of alkyl halides is 3. The summed E-state index contributed by atoms with van der Waals surface area (Å²) in [6.45, 7) is 5.08. The first-order valence-corrected chi connectivity index (χ1v) is 11.4. The van der Waals surface area contributed by atoms with Gasteiger partial charge in [0.1, 0.15) is 11.4 Å². The minimum Gasteiger partial charge on any atom is -0.341 e. The Balaban J connectivity index is 1.50. The van der Waals surface area contributed by atoms with Gasteiger partial charge in [0.25, 0.3) is 0 Å². The number of halogens is 4. The van der Waals surface area contributed by atoms with Crippen LogP contribution in [0.15, 0.2) is 59.9 Å². The van der Waals surface area contributed by atoms with Gasteiger partial charge in [0.2, 0.25) is 0 Å². The molecule has 0 unspecified atom stereocenters. The van der Waals surface area contributed by atoms with E-state index in [9.17, 15) is 18.0 Å². The summed E-state index contributed by atoms with van der Waals surface area (Å²) in [4.78, 5) is 21.9. The largest absolute Gasteiger partial charge is 0.433 e. The zero-order valence-electron chi connectivity index (χ0n) is 19.0. The molecule has 0 atom stereocenters. The van der Waals surface area contributed by atoms with Gasteiger partial charge >= 0.3 is 12.1 Å². The highest BCUT2D eigenvalue weighted by molar-refractivity contribution is 6.35. The van der Waals surface area contributed by atoms with Crippen molar-refractivity contribution in [2.24, 2.45) is 5.16 Å². The maximum Gasteiger partial charge on any atom is 0.433 e. The van der Waals surface area contributed by atoms with E-state index in [0.717, 1.165) is 41.5 Å². The van der Waals surface area contributed by atoms with Crippen LogP contribution >= 0.6 is 11.6 Å². The molecule has 0 saturated heterocycles. The van der Waals surface area contributed by atoms with Gasteiger partial charge in [0.05, 0.1) is 11.4 Å². The molecule has 2 aromatic carbocycles. The molecule has 0 amide bonds. The molecule has 1 aromatic heterocycles.